The fraction of sp³-hybridized carbons (Fsp3) is 0.647. The van der Waals surface area contributed by atoms with E-state index in [-0.39, 0.29) is 0 Å². The highest BCUT2D eigenvalue weighted by Gasteiger charge is 2.30. The minimum atomic E-state index is 0.309. The van der Waals surface area contributed by atoms with Gasteiger partial charge in [-0.2, -0.15) is 0 Å². The highest BCUT2D eigenvalue weighted by Crippen LogP contribution is 2.39. The topological polar surface area (TPSA) is 20.2 Å². The molecule has 1 N–H and O–H groups in total. The molecule has 0 saturated heterocycles. The lowest BCUT2D eigenvalue weighted by atomic mass is 9.97. The normalized spacial score (nSPS) is 40.4. The van der Waals surface area contributed by atoms with Crippen LogP contribution in [0.25, 0.3) is 0 Å². The molecular formula is C17H26O. The molecule has 0 heterocycles. The van der Waals surface area contributed by atoms with Crippen LogP contribution < -0.4 is 0 Å². The van der Waals surface area contributed by atoms with Crippen LogP contribution >= 0.6 is 0 Å². The molecule has 0 aliphatic heterocycles. The van der Waals surface area contributed by atoms with Gasteiger partial charge >= 0.3 is 0 Å². The molecule has 0 aromatic carbocycles. The molecule has 0 aromatic heterocycles. The molecule has 0 bridgehead atoms. The highest BCUT2D eigenvalue weighted by atomic mass is 16.3. The van der Waals surface area contributed by atoms with Gasteiger partial charge < -0.3 is 5.11 Å². The minimum absolute atomic E-state index is 0.309. The average Bonchev–Trinajstić information content (AvgIpc) is 3.02. The van der Waals surface area contributed by atoms with Gasteiger partial charge in [0.05, 0.1) is 0 Å². The van der Waals surface area contributed by atoms with Crippen LogP contribution in [0.5, 0.6) is 0 Å². The Hall–Kier alpha value is -0.820. The van der Waals surface area contributed by atoms with Gasteiger partial charge in [0.1, 0.15) is 0 Å². The monoisotopic (exact) mass is 246 g/mol. The van der Waals surface area contributed by atoms with Gasteiger partial charge in [-0.1, -0.05) is 24.3 Å². The third kappa shape index (κ3) is 3.14. The molecule has 2 aliphatic carbocycles. The minimum Gasteiger partial charge on any atom is -0.396 e. The molecule has 0 amide bonds. The molecule has 5 atom stereocenters. The van der Waals surface area contributed by atoms with Crippen LogP contribution in [-0.2, 0) is 0 Å². The van der Waals surface area contributed by atoms with Crippen molar-refractivity contribution in [1.29, 1.82) is 0 Å². The zero-order valence-electron chi connectivity index (χ0n) is 11.3. The molecule has 5 unspecified atom stereocenters. The summed E-state index contributed by atoms with van der Waals surface area (Å²) in [5.41, 5.74) is 0. The van der Waals surface area contributed by atoms with Crippen molar-refractivity contribution in [2.24, 2.45) is 29.6 Å². The first-order chi connectivity index (χ1) is 8.76. The van der Waals surface area contributed by atoms with Gasteiger partial charge in [-0.05, 0) is 61.7 Å². The Balaban J connectivity index is 1.83. The summed E-state index contributed by atoms with van der Waals surface area (Å²) in [6.45, 7) is 8.09. The molecular weight excluding hydrogens is 220 g/mol. The second kappa shape index (κ2) is 6.38. The molecule has 2 aliphatic rings. The van der Waals surface area contributed by atoms with Crippen molar-refractivity contribution in [3.63, 3.8) is 0 Å². The Morgan fingerprint density at radius 2 is 1.61 bits per heavy atom. The Labute approximate surface area is 111 Å². The summed E-state index contributed by atoms with van der Waals surface area (Å²) in [6, 6.07) is 0. The fourth-order valence-electron chi connectivity index (χ4n) is 3.61. The summed E-state index contributed by atoms with van der Waals surface area (Å²) in [6.07, 6.45) is 15.2. The van der Waals surface area contributed by atoms with Crippen LogP contribution in [0.4, 0.5) is 0 Å². The number of hydrogen-bond acceptors (Lipinski definition) is 1. The van der Waals surface area contributed by atoms with Gasteiger partial charge in [-0.15, -0.1) is 13.2 Å². The predicted molar refractivity (Wildman–Crippen MR) is 77.2 cm³/mol. The summed E-state index contributed by atoms with van der Waals surface area (Å²) in [7, 11) is 0. The maximum atomic E-state index is 9.35. The van der Waals surface area contributed by atoms with Gasteiger partial charge in [0.15, 0.2) is 0 Å². The Morgan fingerprint density at radius 1 is 0.889 bits per heavy atom. The molecule has 1 heteroatoms. The zero-order valence-corrected chi connectivity index (χ0v) is 11.3. The van der Waals surface area contributed by atoms with Crippen LogP contribution in [0.1, 0.15) is 32.1 Å². The van der Waals surface area contributed by atoms with Crippen LogP contribution in [0.3, 0.4) is 0 Å². The smallest absolute Gasteiger partial charge is 0.0465 e. The zero-order chi connectivity index (χ0) is 13.0. The van der Waals surface area contributed by atoms with Gasteiger partial charge in [-0.25, -0.2) is 0 Å². The number of aliphatic hydroxyl groups is 1. The lowest BCUT2D eigenvalue weighted by molar-refractivity contribution is 0.209. The van der Waals surface area contributed by atoms with Gasteiger partial charge in [-0.3, -0.25) is 0 Å². The summed E-state index contributed by atoms with van der Waals surface area (Å²) in [5, 5.41) is 9.35. The first-order valence-electron chi connectivity index (χ1n) is 7.31. The van der Waals surface area contributed by atoms with E-state index >= 15 is 0 Å². The molecule has 0 radical (unpaired) electrons. The Bertz CT molecular complexity index is 318. The summed E-state index contributed by atoms with van der Waals surface area (Å²) in [4.78, 5) is 0. The molecule has 2 rings (SSSR count). The second-order valence-corrected chi connectivity index (χ2v) is 6.03. The van der Waals surface area contributed by atoms with E-state index in [4.69, 9.17) is 0 Å². The van der Waals surface area contributed by atoms with E-state index in [1.807, 2.05) is 6.08 Å². The second-order valence-electron chi connectivity index (χ2n) is 6.03. The van der Waals surface area contributed by atoms with Crippen LogP contribution in [0.15, 0.2) is 37.5 Å². The van der Waals surface area contributed by atoms with Crippen molar-refractivity contribution in [3.05, 3.63) is 37.5 Å². The van der Waals surface area contributed by atoms with Crippen molar-refractivity contribution >= 4 is 0 Å². The quantitative estimate of drug-likeness (QED) is 0.728. The van der Waals surface area contributed by atoms with Crippen LogP contribution in [0, 0.1) is 29.6 Å². The average molecular weight is 246 g/mol. The molecule has 0 spiro atoms. The van der Waals surface area contributed by atoms with E-state index in [9.17, 15) is 5.11 Å². The van der Waals surface area contributed by atoms with Crippen LogP contribution in [-0.4, -0.2) is 11.7 Å². The van der Waals surface area contributed by atoms with Crippen molar-refractivity contribution in [3.8, 4) is 0 Å². The van der Waals surface area contributed by atoms with Gasteiger partial charge in [0, 0.05) is 6.61 Å². The largest absolute Gasteiger partial charge is 0.396 e. The van der Waals surface area contributed by atoms with E-state index in [1.165, 1.54) is 25.7 Å². The third-order valence-electron chi connectivity index (χ3n) is 4.83. The first-order valence-corrected chi connectivity index (χ1v) is 7.31. The summed E-state index contributed by atoms with van der Waals surface area (Å²) >= 11 is 0. The third-order valence-corrected chi connectivity index (χ3v) is 4.83. The number of rotatable bonds is 5. The summed E-state index contributed by atoms with van der Waals surface area (Å²) < 4.78 is 0. The predicted octanol–water partition coefficient (Wildman–Crippen LogP) is 3.97. The Kier molecular flexibility index (Phi) is 4.82. The number of hydrogen-bond donors (Lipinski definition) is 1. The van der Waals surface area contributed by atoms with E-state index in [1.54, 1.807) is 0 Å². The van der Waals surface area contributed by atoms with Gasteiger partial charge in [0.25, 0.3) is 0 Å². The van der Waals surface area contributed by atoms with E-state index in [0.29, 0.717) is 24.4 Å². The molecule has 100 valence electrons. The molecule has 0 aromatic rings. The van der Waals surface area contributed by atoms with E-state index in [2.05, 4.69) is 31.4 Å². The first kappa shape index (κ1) is 13.6. The SMILES string of the molecule is C=CC1CCC(/C=C\C2CC(C=C)C(CO)C2)C1. The molecule has 18 heavy (non-hydrogen) atoms. The molecule has 2 fully saturated rings. The Morgan fingerprint density at radius 3 is 2.17 bits per heavy atom. The molecule has 2 saturated carbocycles. The summed E-state index contributed by atoms with van der Waals surface area (Å²) in [5.74, 6) is 3.07. The van der Waals surface area contributed by atoms with Crippen molar-refractivity contribution in [2.45, 2.75) is 32.1 Å². The van der Waals surface area contributed by atoms with E-state index < -0.39 is 0 Å². The number of allylic oxidation sites excluding steroid dienone is 4. The van der Waals surface area contributed by atoms with Crippen molar-refractivity contribution < 1.29 is 5.11 Å². The van der Waals surface area contributed by atoms with Crippen molar-refractivity contribution in [2.75, 3.05) is 6.61 Å². The van der Waals surface area contributed by atoms with Gasteiger partial charge in [0.2, 0.25) is 0 Å². The fourth-order valence-corrected chi connectivity index (χ4v) is 3.61. The maximum absolute atomic E-state index is 9.35. The highest BCUT2D eigenvalue weighted by molar-refractivity contribution is 5.03. The number of aliphatic hydroxyl groups excluding tert-OH is 1. The standard InChI is InChI=1S/C17H26O/c1-3-13-5-6-14(9-13)7-8-15-10-16(4-2)17(11-15)12-18/h3-4,7-8,13-18H,1-2,5-6,9-12H2/b8-7-. The lowest BCUT2D eigenvalue weighted by Crippen LogP contribution is -2.08. The van der Waals surface area contributed by atoms with E-state index in [0.717, 1.165) is 18.3 Å². The van der Waals surface area contributed by atoms with Crippen molar-refractivity contribution in [1.82, 2.24) is 0 Å². The van der Waals surface area contributed by atoms with Crippen LogP contribution in [0.2, 0.25) is 0 Å². The lowest BCUT2D eigenvalue weighted by Gasteiger charge is -2.10. The maximum Gasteiger partial charge on any atom is 0.0465 e. The molecule has 1 nitrogen and oxygen atoms in total.